The fourth-order valence-corrected chi connectivity index (χ4v) is 3.67. The Kier molecular flexibility index (Phi) is 7.91. The van der Waals surface area contributed by atoms with Gasteiger partial charge in [0.15, 0.2) is 0 Å². The monoisotopic (exact) mass is 379 g/mol. The molecule has 0 aromatic heterocycles. The molecule has 1 fully saturated rings. The molecule has 144 valence electrons. The molecule has 0 unspecified atom stereocenters. The van der Waals surface area contributed by atoms with Crippen LogP contribution in [-0.4, -0.2) is 54.8 Å². The van der Waals surface area contributed by atoms with Gasteiger partial charge in [-0.2, -0.15) is 0 Å². The summed E-state index contributed by atoms with van der Waals surface area (Å²) in [5.41, 5.74) is 1.05. The predicted molar refractivity (Wildman–Crippen MR) is 107 cm³/mol. The van der Waals surface area contributed by atoms with E-state index in [9.17, 15) is 9.59 Å². The minimum Gasteiger partial charge on any atom is -0.339 e. The van der Waals surface area contributed by atoms with Crippen LogP contribution in [0.5, 0.6) is 0 Å². The molecule has 1 heterocycles. The second-order valence-corrected chi connectivity index (χ2v) is 7.44. The molecule has 1 aliphatic rings. The van der Waals surface area contributed by atoms with Gasteiger partial charge in [-0.3, -0.25) is 9.59 Å². The van der Waals surface area contributed by atoms with Gasteiger partial charge < -0.3 is 15.1 Å². The van der Waals surface area contributed by atoms with E-state index in [0.717, 1.165) is 19.5 Å². The molecule has 0 radical (unpaired) electrons. The third-order valence-corrected chi connectivity index (χ3v) is 5.37. The Morgan fingerprint density at radius 3 is 2.69 bits per heavy atom. The van der Waals surface area contributed by atoms with Crippen molar-refractivity contribution in [3.8, 4) is 0 Å². The van der Waals surface area contributed by atoms with Crippen LogP contribution in [0.1, 0.15) is 49.9 Å². The molecule has 5 nitrogen and oxygen atoms in total. The average molecular weight is 380 g/mol. The highest BCUT2D eigenvalue weighted by Gasteiger charge is 2.19. The van der Waals surface area contributed by atoms with Crippen LogP contribution in [0, 0.1) is 5.92 Å². The minimum atomic E-state index is -0.0487. The zero-order valence-corrected chi connectivity index (χ0v) is 16.8. The number of carbonyl (C=O) groups is 2. The minimum absolute atomic E-state index is 0.0486. The number of hydrogen-bond donors (Lipinski definition) is 1. The largest absolute Gasteiger partial charge is 0.339 e. The molecule has 1 aliphatic heterocycles. The molecular weight excluding hydrogens is 350 g/mol. The van der Waals surface area contributed by atoms with Crippen molar-refractivity contribution >= 4 is 29.1 Å². The normalized spacial score (nSPS) is 17.8. The fourth-order valence-electron chi connectivity index (χ4n) is 3.50. The molecular formula is C20H30ClN3O2. The van der Waals surface area contributed by atoms with E-state index < -0.39 is 0 Å². The Hall–Kier alpha value is -1.59. The maximum atomic E-state index is 12.5. The third kappa shape index (κ3) is 5.71. The van der Waals surface area contributed by atoms with Gasteiger partial charge in [0, 0.05) is 31.6 Å². The summed E-state index contributed by atoms with van der Waals surface area (Å²) in [5, 5.41) is 3.33. The Morgan fingerprint density at radius 1 is 1.31 bits per heavy atom. The second kappa shape index (κ2) is 9.93. The van der Waals surface area contributed by atoms with Crippen molar-refractivity contribution in [2.24, 2.45) is 5.92 Å². The standard InChI is InChI=1S/C20H30ClN3O2/c1-4-24(5-2)20(26)16-9-10-17(21)18(13-16)22-19(25)11-8-15-7-6-12-23(3)14-15/h9-10,13,15H,4-8,11-12,14H2,1-3H3,(H,22,25)/t15-/m1/s1. The van der Waals surface area contributed by atoms with Gasteiger partial charge in [-0.25, -0.2) is 0 Å². The summed E-state index contributed by atoms with van der Waals surface area (Å²) in [4.78, 5) is 28.9. The number of halogens is 1. The maximum Gasteiger partial charge on any atom is 0.253 e. The van der Waals surface area contributed by atoms with E-state index in [1.54, 1.807) is 23.1 Å². The number of hydrogen-bond acceptors (Lipinski definition) is 3. The van der Waals surface area contributed by atoms with Crippen molar-refractivity contribution in [2.75, 3.05) is 38.5 Å². The molecule has 26 heavy (non-hydrogen) atoms. The zero-order valence-electron chi connectivity index (χ0n) is 16.1. The van der Waals surface area contributed by atoms with Crippen molar-refractivity contribution in [1.82, 2.24) is 9.80 Å². The van der Waals surface area contributed by atoms with E-state index in [0.29, 0.717) is 41.7 Å². The lowest BCUT2D eigenvalue weighted by atomic mass is 9.93. The predicted octanol–water partition coefficient (Wildman–Crippen LogP) is 3.88. The lowest BCUT2D eigenvalue weighted by Crippen LogP contribution is -2.32. The number of nitrogens with one attached hydrogen (secondary N) is 1. The summed E-state index contributed by atoms with van der Waals surface area (Å²) in [6, 6.07) is 5.05. The van der Waals surface area contributed by atoms with E-state index in [1.165, 1.54) is 12.8 Å². The van der Waals surface area contributed by atoms with E-state index >= 15 is 0 Å². The number of nitrogens with zero attached hydrogens (tertiary/aromatic N) is 2. The topological polar surface area (TPSA) is 52.7 Å². The molecule has 2 amide bonds. The van der Waals surface area contributed by atoms with Crippen molar-refractivity contribution in [3.05, 3.63) is 28.8 Å². The molecule has 1 saturated heterocycles. The Bertz CT molecular complexity index is 631. The van der Waals surface area contributed by atoms with E-state index in [2.05, 4.69) is 17.3 Å². The molecule has 1 atom stereocenters. The van der Waals surface area contributed by atoms with Crippen LogP contribution in [0.3, 0.4) is 0 Å². The summed E-state index contributed by atoms with van der Waals surface area (Å²) < 4.78 is 0. The number of amides is 2. The van der Waals surface area contributed by atoms with Gasteiger partial charge in [0.05, 0.1) is 10.7 Å². The summed E-state index contributed by atoms with van der Waals surface area (Å²) in [5.74, 6) is 0.477. The number of rotatable bonds is 7. The smallest absolute Gasteiger partial charge is 0.253 e. The van der Waals surface area contributed by atoms with Crippen LogP contribution in [0.25, 0.3) is 0 Å². The van der Waals surface area contributed by atoms with Gasteiger partial charge in [0.2, 0.25) is 5.91 Å². The third-order valence-electron chi connectivity index (χ3n) is 5.04. The first-order valence-electron chi connectivity index (χ1n) is 9.51. The average Bonchev–Trinajstić information content (AvgIpc) is 2.63. The van der Waals surface area contributed by atoms with Gasteiger partial charge in [-0.1, -0.05) is 11.6 Å². The van der Waals surface area contributed by atoms with Gasteiger partial charge in [-0.05, 0) is 70.8 Å². The lowest BCUT2D eigenvalue weighted by molar-refractivity contribution is -0.116. The molecule has 1 N–H and O–H groups in total. The fraction of sp³-hybridized carbons (Fsp3) is 0.600. The molecule has 1 aromatic rings. The molecule has 6 heteroatoms. The Labute approximate surface area is 161 Å². The van der Waals surface area contributed by atoms with Crippen LogP contribution in [0.15, 0.2) is 18.2 Å². The Balaban J connectivity index is 1.96. The first-order chi connectivity index (χ1) is 12.4. The maximum absolute atomic E-state index is 12.5. The van der Waals surface area contributed by atoms with E-state index in [1.807, 2.05) is 13.8 Å². The van der Waals surface area contributed by atoms with Crippen LogP contribution in [0.4, 0.5) is 5.69 Å². The number of anilines is 1. The SMILES string of the molecule is CCN(CC)C(=O)c1ccc(Cl)c(NC(=O)CC[C@H]2CCCN(C)C2)c1. The quantitative estimate of drug-likeness (QED) is 0.782. The van der Waals surface area contributed by atoms with Gasteiger partial charge in [-0.15, -0.1) is 0 Å². The molecule has 0 saturated carbocycles. The highest BCUT2D eigenvalue weighted by atomic mass is 35.5. The summed E-state index contributed by atoms with van der Waals surface area (Å²) >= 11 is 6.21. The number of likely N-dealkylation sites (tertiary alicyclic amines) is 1. The van der Waals surface area contributed by atoms with E-state index in [-0.39, 0.29) is 11.8 Å². The van der Waals surface area contributed by atoms with E-state index in [4.69, 9.17) is 11.6 Å². The van der Waals surface area contributed by atoms with Gasteiger partial charge in [0.25, 0.3) is 5.91 Å². The second-order valence-electron chi connectivity index (χ2n) is 7.03. The molecule has 0 spiro atoms. The van der Waals surface area contributed by atoms with Crippen molar-refractivity contribution < 1.29 is 9.59 Å². The molecule has 0 aliphatic carbocycles. The number of piperidine rings is 1. The van der Waals surface area contributed by atoms with Crippen LogP contribution in [-0.2, 0) is 4.79 Å². The van der Waals surface area contributed by atoms with Crippen LogP contribution < -0.4 is 5.32 Å². The molecule has 0 bridgehead atoms. The van der Waals surface area contributed by atoms with Gasteiger partial charge >= 0.3 is 0 Å². The Morgan fingerprint density at radius 2 is 2.04 bits per heavy atom. The summed E-state index contributed by atoms with van der Waals surface area (Å²) in [7, 11) is 2.13. The number of benzene rings is 1. The molecule has 2 rings (SSSR count). The van der Waals surface area contributed by atoms with Crippen molar-refractivity contribution in [1.29, 1.82) is 0 Å². The van der Waals surface area contributed by atoms with Gasteiger partial charge in [0.1, 0.15) is 0 Å². The first kappa shape index (κ1) is 20.7. The van der Waals surface area contributed by atoms with Crippen LogP contribution in [0.2, 0.25) is 5.02 Å². The molecule has 1 aromatic carbocycles. The first-order valence-corrected chi connectivity index (χ1v) is 9.89. The lowest BCUT2D eigenvalue weighted by Gasteiger charge is -2.29. The summed E-state index contributed by atoms with van der Waals surface area (Å²) in [6.07, 6.45) is 3.74. The van der Waals surface area contributed by atoms with Crippen molar-refractivity contribution in [3.63, 3.8) is 0 Å². The number of carbonyl (C=O) groups excluding carboxylic acids is 2. The summed E-state index contributed by atoms with van der Waals surface area (Å²) in [6.45, 7) is 7.39. The van der Waals surface area contributed by atoms with Crippen LogP contribution >= 0.6 is 11.6 Å². The van der Waals surface area contributed by atoms with Crippen molar-refractivity contribution in [2.45, 2.75) is 39.5 Å². The highest BCUT2D eigenvalue weighted by Crippen LogP contribution is 2.25. The highest BCUT2D eigenvalue weighted by molar-refractivity contribution is 6.33. The zero-order chi connectivity index (χ0) is 19.1.